The molecule has 0 unspecified atom stereocenters. The van der Waals surface area contributed by atoms with Crippen LogP contribution < -0.4 is 10.5 Å². The van der Waals surface area contributed by atoms with E-state index in [9.17, 15) is 0 Å². The van der Waals surface area contributed by atoms with Crippen molar-refractivity contribution in [1.29, 1.82) is 0 Å². The van der Waals surface area contributed by atoms with E-state index in [4.69, 9.17) is 10.5 Å². The molecule has 2 aromatic carbocycles. The lowest BCUT2D eigenvalue weighted by Crippen LogP contribution is -1.94. The first kappa shape index (κ1) is 12.0. The van der Waals surface area contributed by atoms with E-state index in [0.717, 1.165) is 21.5 Å². The number of hydrogen-bond acceptors (Lipinski definition) is 4. The number of aromatic nitrogens is 1. The molecule has 0 saturated carbocycles. The van der Waals surface area contributed by atoms with Crippen molar-refractivity contribution < 1.29 is 4.74 Å². The molecule has 3 aromatic rings. The zero-order chi connectivity index (χ0) is 13.4. The Morgan fingerprint density at radius 3 is 2.68 bits per heavy atom. The lowest BCUT2D eigenvalue weighted by atomic mass is 10.1. The van der Waals surface area contributed by atoms with E-state index in [0.29, 0.717) is 11.4 Å². The second-order valence-corrected chi connectivity index (χ2v) is 5.43. The van der Waals surface area contributed by atoms with E-state index in [1.165, 1.54) is 5.56 Å². The summed E-state index contributed by atoms with van der Waals surface area (Å²) in [5.74, 6) is 1.48. The highest BCUT2D eigenvalue weighted by Gasteiger charge is 2.10. The Kier molecular flexibility index (Phi) is 2.87. The molecule has 0 fully saturated rings. The summed E-state index contributed by atoms with van der Waals surface area (Å²) >= 11 is 1.57. The number of nitrogens with zero attached hydrogens (tertiary/aromatic N) is 1. The molecule has 0 aliphatic heterocycles. The van der Waals surface area contributed by atoms with Crippen LogP contribution in [0.5, 0.6) is 11.5 Å². The normalized spacial score (nSPS) is 10.8. The molecule has 0 aliphatic rings. The zero-order valence-corrected chi connectivity index (χ0v) is 11.6. The molecule has 3 nitrogen and oxygen atoms in total. The summed E-state index contributed by atoms with van der Waals surface area (Å²) in [7, 11) is 0. The van der Waals surface area contributed by atoms with Crippen LogP contribution in [0.15, 0.2) is 35.8 Å². The third kappa shape index (κ3) is 2.15. The van der Waals surface area contributed by atoms with Crippen LogP contribution in [0.4, 0.5) is 5.69 Å². The highest BCUT2D eigenvalue weighted by atomic mass is 32.1. The maximum Gasteiger partial charge on any atom is 0.152 e. The van der Waals surface area contributed by atoms with Gasteiger partial charge in [-0.15, -0.1) is 11.3 Å². The summed E-state index contributed by atoms with van der Waals surface area (Å²) in [6, 6.07) is 9.97. The minimum atomic E-state index is 0.596. The van der Waals surface area contributed by atoms with Crippen LogP contribution >= 0.6 is 11.3 Å². The quantitative estimate of drug-likeness (QED) is 0.707. The number of ether oxygens (including phenoxy) is 1. The Morgan fingerprint density at radius 1 is 1.11 bits per heavy atom. The molecule has 4 heteroatoms. The maximum atomic E-state index is 6.11. The fraction of sp³-hybridized carbons (Fsp3) is 0.133. The van der Waals surface area contributed by atoms with E-state index in [2.05, 4.69) is 18.0 Å². The van der Waals surface area contributed by atoms with Crippen LogP contribution in [-0.2, 0) is 0 Å². The van der Waals surface area contributed by atoms with Gasteiger partial charge in [-0.05, 0) is 37.6 Å². The molecule has 0 radical (unpaired) electrons. The average Bonchev–Trinajstić information content (AvgIpc) is 2.85. The van der Waals surface area contributed by atoms with Crippen LogP contribution in [-0.4, -0.2) is 4.98 Å². The smallest absolute Gasteiger partial charge is 0.152 e. The summed E-state index contributed by atoms with van der Waals surface area (Å²) < 4.78 is 6.99. The summed E-state index contributed by atoms with van der Waals surface area (Å²) in [6.45, 7) is 4.09. The minimum absolute atomic E-state index is 0.596. The number of thiazole rings is 1. The average molecular weight is 270 g/mol. The minimum Gasteiger partial charge on any atom is -0.455 e. The van der Waals surface area contributed by atoms with Gasteiger partial charge in [-0.25, -0.2) is 4.98 Å². The first-order chi connectivity index (χ1) is 9.15. The van der Waals surface area contributed by atoms with Gasteiger partial charge in [0.05, 0.1) is 10.2 Å². The summed E-state index contributed by atoms with van der Waals surface area (Å²) in [5, 5.41) is 0. The highest BCUT2D eigenvalue weighted by molar-refractivity contribution is 7.16. The van der Waals surface area contributed by atoms with E-state index < -0.39 is 0 Å². The van der Waals surface area contributed by atoms with Gasteiger partial charge in [0, 0.05) is 0 Å². The Labute approximate surface area is 115 Å². The number of hydrogen-bond donors (Lipinski definition) is 1. The van der Waals surface area contributed by atoms with Gasteiger partial charge in [0.2, 0.25) is 0 Å². The molecule has 3 rings (SSSR count). The molecule has 1 aromatic heterocycles. The Balaban J connectivity index is 2.03. The van der Waals surface area contributed by atoms with E-state index in [-0.39, 0.29) is 0 Å². The number of benzene rings is 2. The van der Waals surface area contributed by atoms with Crippen molar-refractivity contribution in [2.24, 2.45) is 0 Å². The number of rotatable bonds is 2. The molecule has 1 heterocycles. The molecule has 19 heavy (non-hydrogen) atoms. The van der Waals surface area contributed by atoms with Gasteiger partial charge in [0.1, 0.15) is 17.0 Å². The third-order valence-corrected chi connectivity index (χ3v) is 3.85. The predicted octanol–water partition coefficient (Wildman–Crippen LogP) is 4.29. The van der Waals surface area contributed by atoms with Crippen molar-refractivity contribution >= 4 is 27.2 Å². The molecule has 0 aliphatic carbocycles. The Hall–Kier alpha value is -2.07. The monoisotopic (exact) mass is 270 g/mol. The number of aryl methyl sites for hydroxylation is 2. The van der Waals surface area contributed by atoms with E-state index in [1.54, 1.807) is 16.8 Å². The summed E-state index contributed by atoms with van der Waals surface area (Å²) in [5.41, 5.74) is 11.6. The van der Waals surface area contributed by atoms with Crippen LogP contribution in [0.1, 0.15) is 11.1 Å². The second-order valence-electron chi connectivity index (χ2n) is 4.55. The van der Waals surface area contributed by atoms with E-state index >= 15 is 0 Å². The largest absolute Gasteiger partial charge is 0.455 e. The first-order valence-electron chi connectivity index (χ1n) is 6.02. The summed E-state index contributed by atoms with van der Waals surface area (Å²) in [6.07, 6.45) is 0. The van der Waals surface area contributed by atoms with Gasteiger partial charge in [-0.3, -0.25) is 0 Å². The molecule has 0 atom stereocenters. The maximum absolute atomic E-state index is 6.11. The fourth-order valence-corrected chi connectivity index (χ4v) is 2.75. The number of nitrogens with two attached hydrogens (primary N) is 1. The van der Waals surface area contributed by atoms with Crippen molar-refractivity contribution in [1.82, 2.24) is 4.98 Å². The Bertz CT molecular complexity index is 749. The van der Waals surface area contributed by atoms with Crippen molar-refractivity contribution in [3.8, 4) is 11.5 Å². The zero-order valence-electron chi connectivity index (χ0n) is 10.8. The van der Waals surface area contributed by atoms with Crippen molar-refractivity contribution in [2.75, 3.05) is 5.73 Å². The standard InChI is InChI=1S/C15H14N2OS/c1-9-3-4-11(10(2)7-9)18-12-5-6-13-15(14(12)16)17-8-19-13/h3-8H,16H2,1-2H3. The fourth-order valence-electron chi connectivity index (χ4n) is 2.05. The third-order valence-electron chi connectivity index (χ3n) is 3.05. The number of anilines is 1. The van der Waals surface area contributed by atoms with Gasteiger partial charge in [-0.2, -0.15) is 0 Å². The lowest BCUT2D eigenvalue weighted by molar-refractivity contribution is 0.481. The molecular formula is C15H14N2OS. The van der Waals surface area contributed by atoms with Crippen molar-refractivity contribution in [3.05, 3.63) is 47.0 Å². The SMILES string of the molecule is Cc1ccc(Oc2ccc3scnc3c2N)c(C)c1. The van der Waals surface area contributed by atoms with Gasteiger partial charge in [-0.1, -0.05) is 17.7 Å². The van der Waals surface area contributed by atoms with Crippen LogP contribution in [0, 0.1) is 13.8 Å². The molecule has 0 amide bonds. The van der Waals surface area contributed by atoms with Crippen molar-refractivity contribution in [2.45, 2.75) is 13.8 Å². The molecule has 0 saturated heterocycles. The Morgan fingerprint density at radius 2 is 1.89 bits per heavy atom. The molecular weight excluding hydrogens is 256 g/mol. The molecule has 0 spiro atoms. The van der Waals surface area contributed by atoms with Crippen LogP contribution in [0.25, 0.3) is 10.2 Å². The van der Waals surface area contributed by atoms with Gasteiger partial charge in [0.25, 0.3) is 0 Å². The molecule has 0 bridgehead atoms. The second kappa shape index (κ2) is 4.55. The lowest BCUT2D eigenvalue weighted by Gasteiger charge is -2.11. The van der Waals surface area contributed by atoms with Crippen LogP contribution in [0.2, 0.25) is 0 Å². The molecule has 96 valence electrons. The molecule has 2 N–H and O–H groups in total. The number of nitrogen functional groups attached to an aromatic ring is 1. The first-order valence-corrected chi connectivity index (χ1v) is 6.90. The van der Waals surface area contributed by atoms with E-state index in [1.807, 2.05) is 31.2 Å². The highest BCUT2D eigenvalue weighted by Crippen LogP contribution is 2.35. The van der Waals surface area contributed by atoms with Crippen LogP contribution in [0.3, 0.4) is 0 Å². The topological polar surface area (TPSA) is 48.1 Å². The van der Waals surface area contributed by atoms with Crippen molar-refractivity contribution in [3.63, 3.8) is 0 Å². The van der Waals surface area contributed by atoms with Gasteiger partial charge >= 0.3 is 0 Å². The predicted molar refractivity (Wildman–Crippen MR) is 80.0 cm³/mol. The number of fused-ring (bicyclic) bond motifs is 1. The summed E-state index contributed by atoms with van der Waals surface area (Å²) in [4.78, 5) is 4.27. The van der Waals surface area contributed by atoms with Gasteiger partial charge < -0.3 is 10.5 Å². The van der Waals surface area contributed by atoms with Gasteiger partial charge in [0.15, 0.2) is 5.75 Å².